The number of thiol groups is 1. The van der Waals surface area contributed by atoms with Crippen molar-refractivity contribution in [3.05, 3.63) is 0 Å². The zero-order valence-corrected chi connectivity index (χ0v) is 6.72. The van der Waals surface area contributed by atoms with Gasteiger partial charge in [0, 0.05) is 6.42 Å². The Morgan fingerprint density at radius 2 is 1.60 bits per heavy atom. The van der Waals surface area contributed by atoms with Crippen molar-refractivity contribution in [3.8, 4) is 0 Å². The minimum Gasteiger partial charge on any atom is -0.344 e. The van der Waals surface area contributed by atoms with Crippen LogP contribution in [-0.2, 0) is 0 Å². The van der Waals surface area contributed by atoms with Crippen LogP contribution in [-0.4, -0.2) is 27.0 Å². The first-order valence-corrected chi connectivity index (χ1v) is 3.97. The molecule has 0 unspecified atom stereocenters. The van der Waals surface area contributed by atoms with Gasteiger partial charge in [-0.05, 0) is 18.6 Å². The molecule has 0 heterocycles. The molecule has 0 spiro atoms. The van der Waals surface area contributed by atoms with Crippen LogP contribution in [0.5, 0.6) is 0 Å². The van der Waals surface area contributed by atoms with Gasteiger partial charge in [-0.3, -0.25) is 0 Å². The molecule has 0 saturated heterocycles. The van der Waals surface area contributed by atoms with Gasteiger partial charge in [-0.2, -0.15) is 12.6 Å². The molecule has 10 heavy (non-hydrogen) atoms. The number of rotatable bonds is 5. The van der Waals surface area contributed by atoms with Gasteiger partial charge in [-0.25, -0.2) is 0 Å². The number of hydrogen-bond donors (Lipinski definition) is 4. The van der Waals surface area contributed by atoms with E-state index in [0.29, 0.717) is 6.42 Å². The van der Waals surface area contributed by atoms with Crippen LogP contribution in [0, 0.1) is 0 Å². The van der Waals surface area contributed by atoms with Gasteiger partial charge in [0.25, 0.3) is 5.97 Å². The zero-order valence-electron chi connectivity index (χ0n) is 5.82. The Morgan fingerprint density at radius 3 is 2.00 bits per heavy atom. The Kier molecular flexibility index (Phi) is 5.07. The van der Waals surface area contributed by atoms with Crippen molar-refractivity contribution in [2.24, 2.45) is 0 Å². The molecule has 0 fully saturated rings. The molecular weight excluding hydrogens is 152 g/mol. The average molecular weight is 166 g/mol. The second-order valence-corrected chi connectivity index (χ2v) is 2.76. The van der Waals surface area contributed by atoms with Crippen molar-refractivity contribution >= 4 is 12.6 Å². The molecule has 0 aliphatic rings. The van der Waals surface area contributed by atoms with Crippen molar-refractivity contribution < 1.29 is 15.3 Å². The van der Waals surface area contributed by atoms with E-state index < -0.39 is 5.97 Å². The molecule has 0 saturated carbocycles. The van der Waals surface area contributed by atoms with E-state index >= 15 is 0 Å². The third-order valence-electron chi connectivity index (χ3n) is 1.17. The molecule has 0 aliphatic heterocycles. The lowest BCUT2D eigenvalue weighted by Gasteiger charge is -2.12. The summed E-state index contributed by atoms with van der Waals surface area (Å²) in [5.41, 5.74) is 0. The SMILES string of the molecule is OC(O)(O)CCCCCS. The van der Waals surface area contributed by atoms with Gasteiger partial charge in [0.2, 0.25) is 0 Å². The van der Waals surface area contributed by atoms with Crippen LogP contribution >= 0.6 is 12.6 Å². The fourth-order valence-corrected chi connectivity index (χ4v) is 0.874. The van der Waals surface area contributed by atoms with Gasteiger partial charge in [-0.15, -0.1) is 0 Å². The number of hydrogen-bond acceptors (Lipinski definition) is 4. The van der Waals surface area contributed by atoms with Crippen LogP contribution in [0.15, 0.2) is 0 Å². The molecule has 0 aliphatic carbocycles. The predicted octanol–water partition coefficient (Wildman–Crippen LogP) is 0.107. The Balaban J connectivity index is 3.04. The Morgan fingerprint density at radius 1 is 1.00 bits per heavy atom. The van der Waals surface area contributed by atoms with E-state index in [1.54, 1.807) is 0 Å². The lowest BCUT2D eigenvalue weighted by atomic mass is 10.2. The normalized spacial score (nSPS) is 12.0. The van der Waals surface area contributed by atoms with E-state index in [0.717, 1.165) is 18.6 Å². The van der Waals surface area contributed by atoms with E-state index in [1.807, 2.05) is 0 Å². The van der Waals surface area contributed by atoms with Gasteiger partial charge < -0.3 is 15.3 Å². The van der Waals surface area contributed by atoms with E-state index in [1.165, 1.54) is 0 Å². The predicted molar refractivity (Wildman–Crippen MR) is 41.7 cm³/mol. The van der Waals surface area contributed by atoms with Crippen molar-refractivity contribution in [1.82, 2.24) is 0 Å². The molecule has 0 bridgehead atoms. The van der Waals surface area contributed by atoms with Crippen molar-refractivity contribution in [1.29, 1.82) is 0 Å². The van der Waals surface area contributed by atoms with E-state index in [9.17, 15) is 0 Å². The molecule has 0 amide bonds. The summed E-state index contributed by atoms with van der Waals surface area (Å²) < 4.78 is 0. The van der Waals surface area contributed by atoms with Crippen LogP contribution in [0.3, 0.4) is 0 Å². The zero-order chi connectivity index (χ0) is 8.04. The third kappa shape index (κ3) is 8.23. The molecule has 0 aromatic rings. The summed E-state index contributed by atoms with van der Waals surface area (Å²) in [6.45, 7) is 0. The Labute approximate surface area is 66.1 Å². The second-order valence-electron chi connectivity index (χ2n) is 2.31. The van der Waals surface area contributed by atoms with Crippen LogP contribution in [0.4, 0.5) is 0 Å². The highest BCUT2D eigenvalue weighted by Gasteiger charge is 2.15. The lowest BCUT2D eigenvalue weighted by molar-refractivity contribution is -0.314. The van der Waals surface area contributed by atoms with Gasteiger partial charge in [0.05, 0.1) is 0 Å². The molecule has 3 N–H and O–H groups in total. The monoisotopic (exact) mass is 166 g/mol. The molecule has 0 radical (unpaired) electrons. The fourth-order valence-electron chi connectivity index (χ4n) is 0.651. The third-order valence-corrected chi connectivity index (χ3v) is 1.49. The van der Waals surface area contributed by atoms with Gasteiger partial charge in [0.15, 0.2) is 0 Å². The maximum Gasteiger partial charge on any atom is 0.275 e. The average Bonchev–Trinajstić information content (AvgIpc) is 1.78. The van der Waals surface area contributed by atoms with Gasteiger partial charge in [0.1, 0.15) is 0 Å². The molecule has 0 aromatic carbocycles. The van der Waals surface area contributed by atoms with Crippen molar-refractivity contribution in [2.45, 2.75) is 31.7 Å². The van der Waals surface area contributed by atoms with E-state index in [4.69, 9.17) is 15.3 Å². The van der Waals surface area contributed by atoms with Gasteiger partial charge >= 0.3 is 0 Å². The first-order chi connectivity index (χ1) is 4.56. The summed E-state index contributed by atoms with van der Waals surface area (Å²) in [4.78, 5) is 0. The lowest BCUT2D eigenvalue weighted by Crippen LogP contribution is -2.26. The smallest absolute Gasteiger partial charge is 0.275 e. The van der Waals surface area contributed by atoms with E-state index in [-0.39, 0.29) is 6.42 Å². The maximum absolute atomic E-state index is 8.41. The summed E-state index contributed by atoms with van der Waals surface area (Å²) in [6.07, 6.45) is 2.44. The summed E-state index contributed by atoms with van der Waals surface area (Å²) in [7, 11) is 0. The molecule has 4 heteroatoms. The largest absolute Gasteiger partial charge is 0.344 e. The molecule has 0 rings (SSSR count). The van der Waals surface area contributed by atoms with Crippen molar-refractivity contribution in [3.63, 3.8) is 0 Å². The topological polar surface area (TPSA) is 60.7 Å². The quantitative estimate of drug-likeness (QED) is 0.266. The number of aliphatic hydroxyl groups is 3. The summed E-state index contributed by atoms with van der Waals surface area (Å²) in [6, 6.07) is 0. The first-order valence-electron chi connectivity index (χ1n) is 3.34. The maximum atomic E-state index is 8.41. The highest BCUT2D eigenvalue weighted by Crippen LogP contribution is 2.08. The highest BCUT2D eigenvalue weighted by molar-refractivity contribution is 7.80. The van der Waals surface area contributed by atoms with Crippen LogP contribution < -0.4 is 0 Å². The van der Waals surface area contributed by atoms with E-state index in [2.05, 4.69) is 12.6 Å². The van der Waals surface area contributed by atoms with Gasteiger partial charge in [-0.1, -0.05) is 6.42 Å². The summed E-state index contributed by atoms with van der Waals surface area (Å²) in [5.74, 6) is -1.67. The molecule has 3 nitrogen and oxygen atoms in total. The van der Waals surface area contributed by atoms with Crippen LogP contribution in [0.25, 0.3) is 0 Å². The van der Waals surface area contributed by atoms with Crippen LogP contribution in [0.2, 0.25) is 0 Å². The summed E-state index contributed by atoms with van der Waals surface area (Å²) >= 11 is 3.98. The molecule has 0 atom stereocenters. The van der Waals surface area contributed by atoms with Crippen LogP contribution in [0.1, 0.15) is 25.7 Å². The fraction of sp³-hybridized carbons (Fsp3) is 1.00. The minimum absolute atomic E-state index is 0.0147. The minimum atomic E-state index is -2.48. The first kappa shape index (κ1) is 10.2. The Bertz CT molecular complexity index is 79.6. The molecular formula is C6H14O3S. The molecule has 0 aromatic heterocycles. The number of unbranched alkanes of at least 4 members (excludes halogenated alkanes) is 2. The second kappa shape index (κ2) is 4.96. The summed E-state index contributed by atoms with van der Waals surface area (Å²) in [5, 5.41) is 25.2. The Hall–Kier alpha value is 0.230. The molecule has 62 valence electrons. The standard InChI is InChI=1S/C6H14O3S/c7-6(8,9)4-2-1-3-5-10/h7-10H,1-5H2. The van der Waals surface area contributed by atoms with Crippen molar-refractivity contribution in [2.75, 3.05) is 5.75 Å². The highest BCUT2D eigenvalue weighted by atomic mass is 32.1.